The molecule has 5 nitrogen and oxygen atoms in total. The molecule has 0 amide bonds. The second-order valence-electron chi connectivity index (χ2n) is 4.49. The molecule has 4 N–H and O–H groups in total. The van der Waals surface area contributed by atoms with E-state index in [9.17, 15) is 5.11 Å². The van der Waals surface area contributed by atoms with Crippen LogP contribution in [-0.2, 0) is 6.42 Å². The Hall–Kier alpha value is -2.14. The molecule has 0 aliphatic carbocycles. The molecule has 0 bridgehead atoms. The first-order valence-electron chi connectivity index (χ1n) is 6.84. The quantitative estimate of drug-likeness (QED) is 0.702. The molecule has 0 fully saturated rings. The Bertz CT molecular complexity index is 572. The highest BCUT2D eigenvalue weighted by Crippen LogP contribution is 2.32. The van der Waals surface area contributed by atoms with Gasteiger partial charge in [0.05, 0.1) is 11.9 Å². The number of phenols is 1. The van der Waals surface area contributed by atoms with Gasteiger partial charge in [-0.15, -0.1) is 0 Å². The molecule has 0 aliphatic heterocycles. The number of nitrogens with zero attached hydrogens (tertiary/aromatic N) is 2. The van der Waals surface area contributed by atoms with Crippen LogP contribution in [0.4, 0.5) is 5.69 Å². The van der Waals surface area contributed by atoms with Crippen LogP contribution in [0.5, 0.6) is 5.75 Å². The first-order chi connectivity index (χ1) is 9.76. The maximum absolute atomic E-state index is 10.0. The second-order valence-corrected chi connectivity index (χ2v) is 4.49. The molecule has 5 heteroatoms. The minimum Gasteiger partial charge on any atom is -0.507 e. The molecule has 106 valence electrons. The molecule has 2 aromatic rings. The van der Waals surface area contributed by atoms with Crippen molar-refractivity contribution in [3.05, 3.63) is 36.3 Å². The van der Waals surface area contributed by atoms with Crippen LogP contribution < -0.4 is 11.1 Å². The van der Waals surface area contributed by atoms with Crippen LogP contribution in [0.1, 0.15) is 19.2 Å². The van der Waals surface area contributed by atoms with E-state index < -0.39 is 0 Å². The summed E-state index contributed by atoms with van der Waals surface area (Å²) in [6.07, 6.45) is 3.39. The van der Waals surface area contributed by atoms with Gasteiger partial charge in [-0.25, -0.2) is 9.97 Å². The predicted molar refractivity (Wildman–Crippen MR) is 80.7 cm³/mol. The van der Waals surface area contributed by atoms with E-state index in [4.69, 9.17) is 5.73 Å². The van der Waals surface area contributed by atoms with Crippen LogP contribution >= 0.6 is 0 Å². The van der Waals surface area contributed by atoms with Crippen LogP contribution in [0, 0.1) is 0 Å². The highest BCUT2D eigenvalue weighted by molar-refractivity contribution is 5.77. The van der Waals surface area contributed by atoms with Gasteiger partial charge in [0.25, 0.3) is 0 Å². The lowest BCUT2D eigenvalue weighted by atomic mass is 10.1. The lowest BCUT2D eigenvalue weighted by Crippen LogP contribution is -2.10. The second kappa shape index (κ2) is 6.86. The zero-order valence-corrected chi connectivity index (χ0v) is 11.6. The highest BCUT2D eigenvalue weighted by atomic mass is 16.3. The fraction of sp³-hybridized carbons (Fsp3) is 0.333. The summed E-state index contributed by atoms with van der Waals surface area (Å²) in [6, 6.07) is 7.19. The van der Waals surface area contributed by atoms with E-state index in [2.05, 4.69) is 15.3 Å². The summed E-state index contributed by atoms with van der Waals surface area (Å²) in [5.41, 5.74) is 7.75. The molecule has 1 aromatic heterocycles. The molecule has 0 radical (unpaired) electrons. The molecule has 0 saturated heterocycles. The normalized spacial score (nSPS) is 10.5. The third kappa shape index (κ3) is 3.24. The Balaban J connectivity index is 2.39. The summed E-state index contributed by atoms with van der Waals surface area (Å²) in [6.45, 7) is 3.39. The molecule has 1 aromatic carbocycles. The van der Waals surface area contributed by atoms with Crippen molar-refractivity contribution < 1.29 is 5.11 Å². The summed E-state index contributed by atoms with van der Waals surface area (Å²) < 4.78 is 0. The average Bonchev–Trinajstić information content (AvgIpc) is 2.48. The van der Waals surface area contributed by atoms with Crippen molar-refractivity contribution in [1.29, 1.82) is 0 Å². The Kier molecular flexibility index (Phi) is 4.90. The van der Waals surface area contributed by atoms with Gasteiger partial charge in [0, 0.05) is 18.5 Å². The Morgan fingerprint density at radius 2 is 2.10 bits per heavy atom. The zero-order chi connectivity index (χ0) is 14.4. The number of aromatic nitrogens is 2. The number of hydrogen-bond acceptors (Lipinski definition) is 5. The molecular formula is C15H20N4O. The summed E-state index contributed by atoms with van der Waals surface area (Å²) in [5.74, 6) is 0.975. The van der Waals surface area contributed by atoms with Gasteiger partial charge in [-0.1, -0.05) is 19.1 Å². The van der Waals surface area contributed by atoms with Crippen molar-refractivity contribution in [3.63, 3.8) is 0 Å². The Morgan fingerprint density at radius 1 is 1.30 bits per heavy atom. The highest BCUT2D eigenvalue weighted by Gasteiger charge is 2.12. The maximum Gasteiger partial charge on any atom is 0.128 e. The van der Waals surface area contributed by atoms with Crippen LogP contribution in [-0.4, -0.2) is 28.2 Å². The number of phenolic OH excluding ortho intramolecular Hbond substituents is 1. The van der Waals surface area contributed by atoms with E-state index in [0.29, 0.717) is 12.1 Å². The smallest absolute Gasteiger partial charge is 0.128 e. The van der Waals surface area contributed by atoms with Crippen molar-refractivity contribution in [2.45, 2.75) is 19.8 Å². The molecule has 1 heterocycles. The van der Waals surface area contributed by atoms with Gasteiger partial charge < -0.3 is 16.2 Å². The molecule has 0 spiro atoms. The van der Waals surface area contributed by atoms with Gasteiger partial charge in [0.15, 0.2) is 0 Å². The SMILES string of the molecule is CCc1ncc(NCCCN)c(-c2ccccc2O)n1. The van der Waals surface area contributed by atoms with E-state index in [1.165, 1.54) is 0 Å². The fourth-order valence-corrected chi connectivity index (χ4v) is 1.92. The molecule has 20 heavy (non-hydrogen) atoms. The molecule has 2 rings (SSSR count). The van der Waals surface area contributed by atoms with Gasteiger partial charge in [-0.2, -0.15) is 0 Å². The van der Waals surface area contributed by atoms with Gasteiger partial charge >= 0.3 is 0 Å². The van der Waals surface area contributed by atoms with E-state index in [1.54, 1.807) is 18.3 Å². The van der Waals surface area contributed by atoms with Crippen molar-refractivity contribution >= 4 is 5.69 Å². The van der Waals surface area contributed by atoms with Crippen molar-refractivity contribution in [1.82, 2.24) is 9.97 Å². The van der Waals surface area contributed by atoms with E-state index in [0.717, 1.165) is 36.6 Å². The molecule has 0 saturated carbocycles. The van der Waals surface area contributed by atoms with Gasteiger partial charge in [0.1, 0.15) is 17.3 Å². The monoisotopic (exact) mass is 272 g/mol. The predicted octanol–water partition coefficient (Wildman–Crippen LogP) is 2.17. The molecular weight excluding hydrogens is 252 g/mol. The third-order valence-electron chi connectivity index (χ3n) is 3.01. The largest absolute Gasteiger partial charge is 0.507 e. The number of benzene rings is 1. The minimum atomic E-state index is 0.218. The first kappa shape index (κ1) is 14.3. The van der Waals surface area contributed by atoms with Crippen molar-refractivity contribution in [2.75, 3.05) is 18.4 Å². The number of hydrogen-bond donors (Lipinski definition) is 3. The van der Waals surface area contributed by atoms with Crippen LogP contribution in [0.15, 0.2) is 30.5 Å². The van der Waals surface area contributed by atoms with Crippen molar-refractivity contribution in [2.24, 2.45) is 5.73 Å². The van der Waals surface area contributed by atoms with Gasteiger partial charge in [-0.05, 0) is 25.1 Å². The number of nitrogens with one attached hydrogen (secondary N) is 1. The maximum atomic E-state index is 10.0. The van der Waals surface area contributed by atoms with E-state index >= 15 is 0 Å². The van der Waals surface area contributed by atoms with E-state index in [-0.39, 0.29) is 5.75 Å². The number of aryl methyl sites for hydroxylation is 1. The van der Waals surface area contributed by atoms with Crippen LogP contribution in [0.25, 0.3) is 11.3 Å². The topological polar surface area (TPSA) is 84.1 Å². The van der Waals surface area contributed by atoms with E-state index in [1.807, 2.05) is 19.1 Å². The number of rotatable bonds is 6. The fourth-order valence-electron chi connectivity index (χ4n) is 1.92. The Labute approximate surface area is 118 Å². The molecule has 0 unspecified atom stereocenters. The summed E-state index contributed by atoms with van der Waals surface area (Å²) in [5, 5.41) is 13.3. The molecule has 0 aliphatic rings. The first-order valence-corrected chi connectivity index (χ1v) is 6.84. The standard InChI is InChI=1S/C15H20N4O/c1-2-14-18-10-12(17-9-5-8-16)15(19-14)11-6-3-4-7-13(11)20/h3-4,6-7,10,17,20H,2,5,8-9,16H2,1H3. The number of para-hydroxylation sites is 1. The Morgan fingerprint density at radius 3 is 2.80 bits per heavy atom. The number of anilines is 1. The van der Waals surface area contributed by atoms with Crippen LogP contribution in [0.3, 0.4) is 0 Å². The summed E-state index contributed by atoms with van der Waals surface area (Å²) >= 11 is 0. The third-order valence-corrected chi connectivity index (χ3v) is 3.01. The number of aromatic hydroxyl groups is 1. The molecule has 0 atom stereocenters. The van der Waals surface area contributed by atoms with Gasteiger partial charge in [0.2, 0.25) is 0 Å². The average molecular weight is 272 g/mol. The van der Waals surface area contributed by atoms with Crippen molar-refractivity contribution in [3.8, 4) is 17.0 Å². The summed E-state index contributed by atoms with van der Waals surface area (Å²) in [7, 11) is 0. The zero-order valence-electron chi connectivity index (χ0n) is 11.6. The lowest BCUT2D eigenvalue weighted by molar-refractivity contribution is 0.477. The summed E-state index contributed by atoms with van der Waals surface area (Å²) in [4.78, 5) is 8.84. The lowest BCUT2D eigenvalue weighted by Gasteiger charge is -2.12. The number of nitrogens with two attached hydrogens (primary N) is 1. The minimum absolute atomic E-state index is 0.218. The van der Waals surface area contributed by atoms with Gasteiger partial charge in [-0.3, -0.25) is 0 Å². The van der Waals surface area contributed by atoms with Crippen LogP contribution in [0.2, 0.25) is 0 Å².